The molecule has 1 unspecified atom stereocenters. The average Bonchev–Trinajstić information content (AvgIpc) is 3.04. The number of halogens is 2. The fourth-order valence-electron chi connectivity index (χ4n) is 2.01. The molecule has 1 N–H and O–H groups in total. The maximum absolute atomic E-state index is 12.9. The number of hydrogen-bond donors (Lipinski definition) is 1. The summed E-state index contributed by atoms with van der Waals surface area (Å²) in [7, 11) is 2.00. The third kappa shape index (κ3) is 3.29. The highest BCUT2D eigenvalue weighted by Crippen LogP contribution is 2.34. The highest BCUT2D eigenvalue weighted by atomic mass is 79.9. The van der Waals surface area contributed by atoms with Gasteiger partial charge in [0.15, 0.2) is 0 Å². The van der Waals surface area contributed by atoms with Crippen LogP contribution >= 0.6 is 15.9 Å². The van der Waals surface area contributed by atoms with Crippen LogP contribution in [0.25, 0.3) is 0 Å². The van der Waals surface area contributed by atoms with Crippen LogP contribution < -0.4 is 5.32 Å². The van der Waals surface area contributed by atoms with E-state index in [0.717, 1.165) is 16.8 Å². The largest absolute Gasteiger partial charge is 0.317 e. The second kappa shape index (κ2) is 5.28. The van der Waals surface area contributed by atoms with E-state index in [4.69, 9.17) is 0 Å². The maximum atomic E-state index is 12.9. The number of rotatable bonds is 5. The van der Waals surface area contributed by atoms with E-state index in [0.29, 0.717) is 6.04 Å². The molecule has 0 amide bonds. The van der Waals surface area contributed by atoms with Gasteiger partial charge in [0.25, 0.3) is 0 Å². The number of likely N-dealkylation sites (N-methyl/N-ethyl adjacent to an activating group) is 1. The van der Waals surface area contributed by atoms with Crippen LogP contribution in [-0.4, -0.2) is 13.1 Å². The molecule has 0 heterocycles. The van der Waals surface area contributed by atoms with Gasteiger partial charge < -0.3 is 5.32 Å². The van der Waals surface area contributed by atoms with Crippen LogP contribution in [0.1, 0.15) is 24.8 Å². The summed E-state index contributed by atoms with van der Waals surface area (Å²) in [5.41, 5.74) is 1.18. The molecule has 3 heteroatoms. The van der Waals surface area contributed by atoms with Gasteiger partial charge in [-0.2, -0.15) is 0 Å². The van der Waals surface area contributed by atoms with Crippen LogP contribution in [0, 0.1) is 11.7 Å². The molecule has 0 spiro atoms. The van der Waals surface area contributed by atoms with Crippen LogP contribution in [0.2, 0.25) is 0 Å². The summed E-state index contributed by atoms with van der Waals surface area (Å²) in [6.07, 6.45) is 4.96. The van der Waals surface area contributed by atoms with Crippen LogP contribution in [-0.2, 0) is 6.42 Å². The lowest BCUT2D eigenvalue weighted by Crippen LogP contribution is -2.28. The van der Waals surface area contributed by atoms with Gasteiger partial charge in [-0.3, -0.25) is 0 Å². The van der Waals surface area contributed by atoms with E-state index in [9.17, 15) is 4.39 Å². The van der Waals surface area contributed by atoms with Crippen molar-refractivity contribution in [3.8, 4) is 0 Å². The van der Waals surface area contributed by atoms with Gasteiger partial charge >= 0.3 is 0 Å². The zero-order chi connectivity index (χ0) is 11.5. The van der Waals surface area contributed by atoms with Gasteiger partial charge in [0.1, 0.15) is 5.82 Å². The first kappa shape index (κ1) is 12.1. The predicted octanol–water partition coefficient (Wildman–Crippen LogP) is 3.52. The number of hydrogen-bond acceptors (Lipinski definition) is 1. The molecule has 1 aliphatic rings. The normalized spacial score (nSPS) is 17.4. The molecule has 1 fully saturated rings. The number of benzene rings is 1. The smallest absolute Gasteiger partial charge is 0.124 e. The highest BCUT2D eigenvalue weighted by Gasteiger charge is 2.25. The molecule has 1 saturated carbocycles. The molecule has 1 aliphatic carbocycles. The Morgan fingerprint density at radius 1 is 1.50 bits per heavy atom. The van der Waals surface area contributed by atoms with Gasteiger partial charge in [-0.1, -0.05) is 34.8 Å². The monoisotopic (exact) mass is 285 g/mol. The topological polar surface area (TPSA) is 12.0 Å². The van der Waals surface area contributed by atoms with Crippen molar-refractivity contribution in [2.45, 2.75) is 31.7 Å². The van der Waals surface area contributed by atoms with E-state index in [1.54, 1.807) is 6.07 Å². The molecular formula is C13H17BrFN. The van der Waals surface area contributed by atoms with Gasteiger partial charge in [0.2, 0.25) is 0 Å². The SMILES string of the molecule is CNC(Cc1ccc(F)cc1Br)CC1CC1. The van der Waals surface area contributed by atoms with E-state index in [2.05, 4.69) is 21.2 Å². The third-order valence-corrected chi connectivity index (χ3v) is 3.94. The summed E-state index contributed by atoms with van der Waals surface area (Å²) in [6, 6.07) is 5.45. The summed E-state index contributed by atoms with van der Waals surface area (Å²) in [4.78, 5) is 0. The maximum Gasteiger partial charge on any atom is 0.124 e. The van der Waals surface area contributed by atoms with E-state index in [1.165, 1.54) is 30.9 Å². The molecule has 88 valence electrons. The second-order valence-corrected chi connectivity index (χ2v) is 5.46. The minimum atomic E-state index is -0.182. The van der Waals surface area contributed by atoms with Crippen molar-refractivity contribution in [2.75, 3.05) is 7.05 Å². The first-order valence-electron chi connectivity index (χ1n) is 5.80. The van der Waals surface area contributed by atoms with E-state index >= 15 is 0 Å². The minimum absolute atomic E-state index is 0.182. The average molecular weight is 286 g/mol. The van der Waals surface area contributed by atoms with Crippen molar-refractivity contribution in [1.82, 2.24) is 5.32 Å². The van der Waals surface area contributed by atoms with Crippen molar-refractivity contribution in [1.29, 1.82) is 0 Å². The Morgan fingerprint density at radius 2 is 2.25 bits per heavy atom. The lowest BCUT2D eigenvalue weighted by Gasteiger charge is -2.16. The second-order valence-electron chi connectivity index (χ2n) is 4.60. The predicted molar refractivity (Wildman–Crippen MR) is 68.0 cm³/mol. The number of nitrogens with one attached hydrogen (secondary N) is 1. The summed E-state index contributed by atoms with van der Waals surface area (Å²) in [5.74, 6) is 0.732. The van der Waals surface area contributed by atoms with Gasteiger partial charge in [0, 0.05) is 10.5 Å². The van der Waals surface area contributed by atoms with E-state index in [1.807, 2.05) is 13.1 Å². The van der Waals surface area contributed by atoms with Crippen molar-refractivity contribution in [3.05, 3.63) is 34.1 Å². The molecule has 0 saturated heterocycles. The van der Waals surface area contributed by atoms with Gasteiger partial charge in [0.05, 0.1) is 0 Å². The fourth-order valence-corrected chi connectivity index (χ4v) is 2.52. The van der Waals surface area contributed by atoms with Gasteiger partial charge in [-0.05, 0) is 43.5 Å². The highest BCUT2D eigenvalue weighted by molar-refractivity contribution is 9.10. The Bertz CT molecular complexity index is 363. The minimum Gasteiger partial charge on any atom is -0.317 e. The quantitative estimate of drug-likeness (QED) is 0.873. The molecule has 1 atom stereocenters. The molecule has 0 radical (unpaired) electrons. The summed E-state index contributed by atoms with van der Waals surface area (Å²) in [5, 5.41) is 3.35. The molecular weight excluding hydrogens is 269 g/mol. The first-order chi connectivity index (χ1) is 7.69. The Balaban J connectivity index is 1.99. The van der Waals surface area contributed by atoms with Crippen LogP contribution in [0.4, 0.5) is 4.39 Å². The molecule has 16 heavy (non-hydrogen) atoms. The van der Waals surface area contributed by atoms with Crippen molar-refractivity contribution < 1.29 is 4.39 Å². The van der Waals surface area contributed by atoms with E-state index in [-0.39, 0.29) is 5.82 Å². The van der Waals surface area contributed by atoms with Crippen molar-refractivity contribution in [3.63, 3.8) is 0 Å². The van der Waals surface area contributed by atoms with Gasteiger partial charge in [-0.15, -0.1) is 0 Å². The standard InChI is InChI=1S/C13H17BrFN/c1-16-12(6-9-2-3-9)7-10-4-5-11(15)8-13(10)14/h4-5,8-9,12,16H,2-3,6-7H2,1H3. The molecule has 1 aromatic rings. The zero-order valence-corrected chi connectivity index (χ0v) is 11.1. The summed E-state index contributed by atoms with van der Waals surface area (Å²) in [6.45, 7) is 0. The molecule has 1 nitrogen and oxygen atoms in total. The van der Waals surface area contributed by atoms with E-state index < -0.39 is 0 Å². The fraction of sp³-hybridized carbons (Fsp3) is 0.538. The lowest BCUT2D eigenvalue weighted by atomic mass is 10.0. The molecule has 0 aromatic heterocycles. The Kier molecular flexibility index (Phi) is 3.98. The van der Waals surface area contributed by atoms with Crippen molar-refractivity contribution in [2.24, 2.45) is 5.92 Å². The molecule has 0 bridgehead atoms. The molecule has 1 aromatic carbocycles. The van der Waals surface area contributed by atoms with Crippen LogP contribution in [0.3, 0.4) is 0 Å². The summed E-state index contributed by atoms with van der Waals surface area (Å²) >= 11 is 3.42. The zero-order valence-electron chi connectivity index (χ0n) is 9.47. The first-order valence-corrected chi connectivity index (χ1v) is 6.59. The lowest BCUT2D eigenvalue weighted by molar-refractivity contribution is 0.489. The van der Waals surface area contributed by atoms with Crippen LogP contribution in [0.15, 0.2) is 22.7 Å². The molecule has 0 aliphatic heterocycles. The Morgan fingerprint density at radius 3 is 2.81 bits per heavy atom. The van der Waals surface area contributed by atoms with Gasteiger partial charge in [-0.25, -0.2) is 4.39 Å². The summed E-state index contributed by atoms with van der Waals surface area (Å²) < 4.78 is 13.8. The van der Waals surface area contributed by atoms with Crippen LogP contribution in [0.5, 0.6) is 0 Å². The van der Waals surface area contributed by atoms with Crippen molar-refractivity contribution >= 4 is 15.9 Å². The Hall–Kier alpha value is -0.410. The Labute approximate surface area is 105 Å². The third-order valence-electron chi connectivity index (χ3n) is 3.20. The molecule has 2 rings (SSSR count).